The number of nitrogens with zero attached hydrogens (tertiary/aromatic N) is 2. The van der Waals surface area contributed by atoms with Gasteiger partial charge < -0.3 is 0 Å². The summed E-state index contributed by atoms with van der Waals surface area (Å²) in [6, 6.07) is 14.1. The number of fused-ring (bicyclic) bond motifs is 1. The zero-order valence-corrected chi connectivity index (χ0v) is 16.8. The molecule has 0 unspecified atom stereocenters. The van der Waals surface area contributed by atoms with Crippen LogP contribution in [0.4, 0.5) is 5.69 Å². The van der Waals surface area contributed by atoms with Crippen molar-refractivity contribution in [3.8, 4) is 0 Å². The molecule has 1 N–H and O–H groups in total. The first-order valence-corrected chi connectivity index (χ1v) is 11.0. The smallest absolute Gasteiger partial charge is 0.229 e. The number of aromatic nitrogens is 2. The lowest BCUT2D eigenvalue weighted by atomic mass is 10.1. The predicted octanol–water partition coefficient (Wildman–Crippen LogP) is 3.67. The predicted molar refractivity (Wildman–Crippen MR) is 109 cm³/mol. The lowest BCUT2D eigenvalue weighted by molar-refractivity contribution is 0.0994. The number of carbonyl (C=O) groups is 1. The SMILES string of the molecule is Cc1nc(S[C@H](C)C(=O)c2ccc(NS(C)(=O)=O)cc2)c2ccccc2n1. The van der Waals surface area contributed by atoms with E-state index in [4.69, 9.17) is 0 Å². The Morgan fingerprint density at radius 1 is 1.07 bits per heavy atom. The van der Waals surface area contributed by atoms with E-state index in [9.17, 15) is 13.2 Å². The van der Waals surface area contributed by atoms with Crippen LogP contribution in [0.3, 0.4) is 0 Å². The van der Waals surface area contributed by atoms with Gasteiger partial charge in [-0.05, 0) is 44.2 Å². The number of aryl methyl sites for hydroxylation is 1. The Morgan fingerprint density at radius 3 is 2.41 bits per heavy atom. The molecular weight excluding hydrogens is 382 g/mol. The molecule has 1 aromatic heterocycles. The van der Waals surface area contributed by atoms with Crippen LogP contribution in [0.5, 0.6) is 0 Å². The van der Waals surface area contributed by atoms with Crippen LogP contribution < -0.4 is 4.72 Å². The fraction of sp³-hybridized carbons (Fsp3) is 0.211. The normalized spacial score (nSPS) is 12.7. The highest BCUT2D eigenvalue weighted by Gasteiger charge is 2.19. The van der Waals surface area contributed by atoms with Gasteiger partial charge in [0.25, 0.3) is 0 Å². The Morgan fingerprint density at radius 2 is 1.74 bits per heavy atom. The zero-order chi connectivity index (χ0) is 19.6. The summed E-state index contributed by atoms with van der Waals surface area (Å²) >= 11 is 1.39. The Hall–Kier alpha value is -2.45. The molecule has 6 nitrogen and oxygen atoms in total. The number of carbonyl (C=O) groups excluding carboxylic acids is 1. The minimum atomic E-state index is -3.35. The number of Topliss-reactive ketones (excluding diaryl/α,β-unsaturated/α-hetero) is 1. The van der Waals surface area contributed by atoms with Crippen LogP contribution in [0, 0.1) is 6.92 Å². The lowest BCUT2D eigenvalue weighted by Crippen LogP contribution is -2.14. The fourth-order valence-corrected chi connectivity index (χ4v) is 4.25. The Balaban J connectivity index is 1.80. The lowest BCUT2D eigenvalue weighted by Gasteiger charge is -2.12. The highest BCUT2D eigenvalue weighted by atomic mass is 32.2. The number of nitrogens with one attached hydrogen (secondary N) is 1. The molecule has 0 amide bonds. The molecule has 140 valence electrons. The Labute approximate surface area is 162 Å². The second kappa shape index (κ2) is 7.66. The van der Waals surface area contributed by atoms with E-state index in [0.717, 1.165) is 22.2 Å². The van der Waals surface area contributed by atoms with Crippen LogP contribution in [-0.2, 0) is 10.0 Å². The first-order valence-electron chi connectivity index (χ1n) is 8.25. The van der Waals surface area contributed by atoms with Crippen LogP contribution in [0.2, 0.25) is 0 Å². The molecule has 0 spiro atoms. The average molecular weight is 402 g/mol. The topological polar surface area (TPSA) is 89.0 Å². The highest BCUT2D eigenvalue weighted by Crippen LogP contribution is 2.30. The van der Waals surface area contributed by atoms with E-state index in [1.165, 1.54) is 11.8 Å². The number of anilines is 1. The molecule has 0 saturated carbocycles. The van der Waals surface area contributed by atoms with Gasteiger partial charge in [0.05, 0.1) is 17.0 Å². The van der Waals surface area contributed by atoms with Crippen molar-refractivity contribution < 1.29 is 13.2 Å². The summed E-state index contributed by atoms with van der Waals surface area (Å²) in [6.45, 7) is 3.67. The summed E-state index contributed by atoms with van der Waals surface area (Å²) in [6.07, 6.45) is 1.08. The van der Waals surface area contributed by atoms with Crippen molar-refractivity contribution in [3.63, 3.8) is 0 Å². The van der Waals surface area contributed by atoms with Gasteiger partial charge in [0, 0.05) is 16.6 Å². The van der Waals surface area contributed by atoms with Gasteiger partial charge >= 0.3 is 0 Å². The van der Waals surface area contributed by atoms with Crippen molar-refractivity contribution in [2.45, 2.75) is 24.1 Å². The van der Waals surface area contributed by atoms with Gasteiger partial charge in [-0.3, -0.25) is 9.52 Å². The molecule has 3 rings (SSSR count). The van der Waals surface area contributed by atoms with E-state index in [0.29, 0.717) is 17.1 Å². The standard InChI is InChI=1S/C19H19N3O3S2/c1-12(18(23)14-8-10-15(11-9-14)22-27(3,24)25)26-19-16-6-4-5-7-17(16)20-13(2)21-19/h4-12,22H,1-3H3/t12-/m1/s1. The molecule has 0 saturated heterocycles. The monoisotopic (exact) mass is 401 g/mol. The van der Waals surface area contributed by atoms with Crippen LogP contribution in [0.25, 0.3) is 10.9 Å². The molecule has 0 radical (unpaired) electrons. The van der Waals surface area contributed by atoms with E-state index in [-0.39, 0.29) is 11.0 Å². The summed E-state index contributed by atoms with van der Waals surface area (Å²) in [7, 11) is -3.35. The molecule has 0 aliphatic carbocycles. The van der Waals surface area contributed by atoms with Crippen LogP contribution >= 0.6 is 11.8 Å². The van der Waals surface area contributed by atoms with Gasteiger partial charge in [-0.15, -0.1) is 0 Å². The largest absolute Gasteiger partial charge is 0.293 e. The summed E-state index contributed by atoms with van der Waals surface area (Å²) in [5, 5.41) is 1.34. The van der Waals surface area contributed by atoms with E-state index >= 15 is 0 Å². The summed E-state index contributed by atoms with van der Waals surface area (Å²) in [4.78, 5) is 21.7. The zero-order valence-electron chi connectivity index (χ0n) is 15.1. The van der Waals surface area contributed by atoms with Crippen molar-refractivity contribution >= 4 is 44.2 Å². The Bertz CT molecular complexity index is 1100. The quantitative estimate of drug-likeness (QED) is 0.385. The summed E-state index contributed by atoms with van der Waals surface area (Å²) in [5.74, 6) is 0.610. The summed E-state index contributed by atoms with van der Waals surface area (Å²) in [5.41, 5.74) is 1.79. The maximum atomic E-state index is 12.8. The van der Waals surface area contributed by atoms with Gasteiger partial charge in [0.15, 0.2) is 5.78 Å². The van der Waals surface area contributed by atoms with Crippen molar-refractivity contribution in [1.29, 1.82) is 0 Å². The van der Waals surface area contributed by atoms with Crippen molar-refractivity contribution in [1.82, 2.24) is 9.97 Å². The van der Waals surface area contributed by atoms with Crippen LogP contribution in [0.15, 0.2) is 53.6 Å². The van der Waals surface area contributed by atoms with E-state index < -0.39 is 10.0 Å². The van der Waals surface area contributed by atoms with Gasteiger partial charge in [-0.1, -0.05) is 30.0 Å². The number of hydrogen-bond donors (Lipinski definition) is 1. The third-order valence-electron chi connectivity index (χ3n) is 3.81. The number of thioether (sulfide) groups is 1. The summed E-state index contributed by atoms with van der Waals surface area (Å²) < 4.78 is 24.9. The van der Waals surface area contributed by atoms with Gasteiger partial charge in [0.1, 0.15) is 10.9 Å². The highest BCUT2D eigenvalue weighted by molar-refractivity contribution is 8.00. The van der Waals surface area contributed by atoms with E-state index in [2.05, 4.69) is 14.7 Å². The molecule has 3 aromatic rings. The van der Waals surface area contributed by atoms with Gasteiger partial charge in [-0.25, -0.2) is 18.4 Å². The number of benzene rings is 2. The first kappa shape index (κ1) is 19.3. The number of ketones is 1. The van der Waals surface area contributed by atoms with E-state index in [1.54, 1.807) is 24.3 Å². The minimum Gasteiger partial charge on any atom is -0.293 e. The second-order valence-electron chi connectivity index (χ2n) is 6.17. The van der Waals surface area contributed by atoms with Crippen molar-refractivity contribution in [2.75, 3.05) is 11.0 Å². The van der Waals surface area contributed by atoms with E-state index in [1.807, 2.05) is 38.1 Å². The molecule has 1 atom stereocenters. The number of rotatable bonds is 6. The number of sulfonamides is 1. The van der Waals surface area contributed by atoms with Gasteiger partial charge in [0.2, 0.25) is 10.0 Å². The molecule has 0 aliphatic heterocycles. The molecule has 0 fully saturated rings. The molecular formula is C19H19N3O3S2. The number of para-hydroxylation sites is 1. The number of hydrogen-bond acceptors (Lipinski definition) is 6. The maximum absolute atomic E-state index is 12.8. The first-order chi connectivity index (χ1) is 12.7. The van der Waals surface area contributed by atoms with Gasteiger partial charge in [-0.2, -0.15) is 0 Å². The minimum absolute atomic E-state index is 0.0498. The Kier molecular flexibility index (Phi) is 5.48. The second-order valence-corrected chi connectivity index (χ2v) is 9.25. The van der Waals surface area contributed by atoms with Crippen LogP contribution in [-0.4, -0.2) is 35.7 Å². The molecule has 0 bridgehead atoms. The third-order valence-corrected chi connectivity index (χ3v) is 5.52. The molecule has 1 heterocycles. The van der Waals surface area contributed by atoms with Crippen molar-refractivity contribution in [3.05, 3.63) is 59.9 Å². The maximum Gasteiger partial charge on any atom is 0.229 e. The average Bonchev–Trinajstić information content (AvgIpc) is 2.60. The molecule has 27 heavy (non-hydrogen) atoms. The molecule has 8 heteroatoms. The third kappa shape index (κ3) is 4.84. The van der Waals surface area contributed by atoms with Crippen molar-refractivity contribution in [2.24, 2.45) is 0 Å². The molecule has 2 aromatic carbocycles. The molecule has 0 aliphatic rings. The van der Waals surface area contributed by atoms with Crippen LogP contribution in [0.1, 0.15) is 23.1 Å². The fourth-order valence-electron chi connectivity index (χ4n) is 2.62.